The van der Waals surface area contributed by atoms with Gasteiger partial charge in [0.15, 0.2) is 0 Å². The van der Waals surface area contributed by atoms with Crippen LogP contribution in [0.1, 0.15) is 22.0 Å². The van der Waals surface area contributed by atoms with E-state index < -0.39 is 23.6 Å². The minimum Gasteiger partial charge on any atom is -0.320 e. The monoisotopic (exact) mass is 311 g/mol. The van der Waals surface area contributed by atoms with Gasteiger partial charge in [0.05, 0.1) is 11.6 Å². The van der Waals surface area contributed by atoms with Gasteiger partial charge in [0.1, 0.15) is 5.82 Å². The average Bonchev–Trinajstić information content (AvgIpc) is 2.79. The Morgan fingerprint density at radius 1 is 1.16 bits per heavy atom. The Bertz CT molecular complexity index is 539. The summed E-state index contributed by atoms with van der Waals surface area (Å²) in [4.78, 5) is 0.561. The summed E-state index contributed by atoms with van der Waals surface area (Å²) in [5.74, 6) is -0.731. The van der Waals surface area contributed by atoms with Gasteiger partial charge < -0.3 is 5.73 Å². The zero-order chi connectivity index (χ0) is 13.3. The zero-order valence-corrected chi connectivity index (χ0v) is 11.1. The fourth-order valence-electron chi connectivity index (χ4n) is 1.67. The van der Waals surface area contributed by atoms with Crippen molar-refractivity contribution in [2.75, 3.05) is 0 Å². The van der Waals surface area contributed by atoms with Crippen molar-refractivity contribution in [3.63, 3.8) is 0 Å². The molecule has 1 aromatic carbocycles. The van der Waals surface area contributed by atoms with Crippen LogP contribution in [-0.4, -0.2) is 0 Å². The van der Waals surface area contributed by atoms with Crippen molar-refractivity contribution < 1.29 is 17.6 Å². The van der Waals surface area contributed by atoms with Gasteiger partial charge >= 0.3 is 6.18 Å². The zero-order valence-electron chi connectivity index (χ0n) is 9.45. The number of rotatable bonds is 2. The average molecular weight is 312 g/mol. The lowest BCUT2D eigenvalue weighted by Crippen LogP contribution is -2.18. The normalized spacial score (nSPS) is 12.9. The molecule has 0 aliphatic rings. The smallest absolute Gasteiger partial charge is 0.320 e. The largest absolute Gasteiger partial charge is 0.416 e. The van der Waals surface area contributed by atoms with E-state index in [4.69, 9.17) is 5.73 Å². The predicted octanol–water partition coefficient (Wildman–Crippen LogP) is 4.38. The molecule has 1 nitrogen and oxygen atoms in total. The van der Waals surface area contributed by atoms with Crippen LogP contribution < -0.4 is 5.73 Å². The highest BCUT2D eigenvalue weighted by Gasteiger charge is 2.35. The summed E-state index contributed by atoms with van der Waals surface area (Å²) in [6, 6.07) is 4.68. The molecule has 0 radical (unpaired) electrons. The van der Waals surface area contributed by atoms with Gasteiger partial charge in [-0.3, -0.25) is 0 Å². The molecular weight excluding hydrogens is 302 g/mol. The molecule has 0 saturated heterocycles. The topological polar surface area (TPSA) is 26.0 Å². The van der Waals surface area contributed by atoms with E-state index in [9.17, 15) is 17.6 Å². The second-order valence-corrected chi connectivity index (χ2v) is 4.70. The number of thiophene rings is 1. The summed E-state index contributed by atoms with van der Waals surface area (Å²) < 4.78 is 51.5. The predicted molar refractivity (Wildman–Crippen MR) is 69.0 cm³/mol. The Balaban J connectivity index is 0.00000180. The molecule has 104 valence electrons. The number of benzene rings is 1. The standard InChI is InChI=1S/C12H9F4NS.ClH/c13-7-3-4-9(12(14,15)16)8(6-7)11(17)10-2-1-5-18-10;/h1-6,11H,17H2;1H/t11-;/m0./s1. The third-order valence-corrected chi connectivity index (χ3v) is 3.46. The molecule has 0 amide bonds. The highest BCUT2D eigenvalue weighted by molar-refractivity contribution is 7.10. The molecule has 0 aliphatic carbocycles. The van der Waals surface area contributed by atoms with E-state index in [-0.39, 0.29) is 18.0 Å². The van der Waals surface area contributed by atoms with Crippen molar-refractivity contribution in [1.82, 2.24) is 0 Å². The molecule has 2 aromatic rings. The minimum absolute atomic E-state index is 0. The van der Waals surface area contributed by atoms with Gasteiger partial charge in [0.2, 0.25) is 0 Å². The van der Waals surface area contributed by atoms with Crippen molar-refractivity contribution >= 4 is 23.7 Å². The van der Waals surface area contributed by atoms with Gasteiger partial charge in [-0.1, -0.05) is 6.07 Å². The molecule has 1 atom stereocenters. The molecule has 19 heavy (non-hydrogen) atoms. The highest BCUT2D eigenvalue weighted by atomic mass is 35.5. The number of halogens is 5. The van der Waals surface area contributed by atoms with Gasteiger partial charge in [-0.2, -0.15) is 13.2 Å². The molecule has 0 spiro atoms. The molecule has 0 bridgehead atoms. The third-order valence-electron chi connectivity index (χ3n) is 2.50. The quantitative estimate of drug-likeness (QED) is 0.819. The molecule has 0 saturated carbocycles. The molecule has 1 aromatic heterocycles. The Labute approximate surface area is 117 Å². The summed E-state index contributed by atoms with van der Waals surface area (Å²) in [6.07, 6.45) is -4.54. The van der Waals surface area contributed by atoms with Gasteiger partial charge in [0.25, 0.3) is 0 Å². The van der Waals surface area contributed by atoms with Gasteiger partial charge in [-0.25, -0.2) is 4.39 Å². The van der Waals surface area contributed by atoms with E-state index in [2.05, 4.69) is 0 Å². The maximum Gasteiger partial charge on any atom is 0.416 e. The molecule has 7 heteroatoms. The Morgan fingerprint density at radius 2 is 1.84 bits per heavy atom. The van der Waals surface area contributed by atoms with E-state index in [1.807, 2.05) is 0 Å². The number of nitrogens with two attached hydrogens (primary N) is 1. The van der Waals surface area contributed by atoms with Crippen molar-refractivity contribution in [3.8, 4) is 0 Å². The molecule has 1 heterocycles. The lowest BCUT2D eigenvalue weighted by molar-refractivity contribution is -0.138. The van der Waals surface area contributed by atoms with Crippen LogP contribution in [0.25, 0.3) is 0 Å². The van der Waals surface area contributed by atoms with E-state index >= 15 is 0 Å². The minimum atomic E-state index is -4.54. The van der Waals surface area contributed by atoms with E-state index in [0.29, 0.717) is 4.88 Å². The van der Waals surface area contributed by atoms with Crippen LogP contribution in [0.15, 0.2) is 35.7 Å². The van der Waals surface area contributed by atoms with Crippen LogP contribution in [0, 0.1) is 5.82 Å². The van der Waals surface area contributed by atoms with Crippen LogP contribution in [0.5, 0.6) is 0 Å². The van der Waals surface area contributed by atoms with Crippen molar-refractivity contribution in [2.45, 2.75) is 12.2 Å². The summed E-state index contributed by atoms with van der Waals surface area (Å²) in [7, 11) is 0. The maximum atomic E-state index is 13.1. The Hall–Kier alpha value is -1.11. The van der Waals surface area contributed by atoms with E-state index in [1.165, 1.54) is 11.3 Å². The first-order valence-corrected chi connectivity index (χ1v) is 5.93. The number of alkyl halides is 3. The van der Waals surface area contributed by atoms with Gasteiger partial charge in [-0.15, -0.1) is 23.7 Å². The van der Waals surface area contributed by atoms with Crippen LogP contribution in [0.4, 0.5) is 17.6 Å². The molecular formula is C12H10ClF4NS. The molecule has 2 rings (SSSR count). The van der Waals surface area contributed by atoms with Crippen molar-refractivity contribution in [2.24, 2.45) is 5.73 Å². The summed E-state index contributed by atoms with van der Waals surface area (Å²) in [5, 5.41) is 1.71. The SMILES string of the molecule is Cl.N[C@H](c1cccs1)c1cc(F)ccc1C(F)(F)F. The van der Waals surface area contributed by atoms with Gasteiger partial charge in [0, 0.05) is 4.88 Å². The number of hydrogen-bond acceptors (Lipinski definition) is 2. The summed E-state index contributed by atoms with van der Waals surface area (Å²) >= 11 is 1.24. The molecule has 0 unspecified atom stereocenters. The maximum absolute atomic E-state index is 13.1. The van der Waals surface area contributed by atoms with Crippen molar-refractivity contribution in [1.29, 1.82) is 0 Å². The van der Waals surface area contributed by atoms with Crippen molar-refractivity contribution in [3.05, 3.63) is 57.5 Å². The fraction of sp³-hybridized carbons (Fsp3) is 0.167. The van der Waals surface area contributed by atoms with Crippen LogP contribution >= 0.6 is 23.7 Å². The third kappa shape index (κ3) is 3.46. The first-order valence-electron chi connectivity index (χ1n) is 5.05. The summed E-state index contributed by atoms with van der Waals surface area (Å²) in [6.45, 7) is 0. The first kappa shape index (κ1) is 15.9. The molecule has 0 aliphatic heterocycles. The second-order valence-electron chi connectivity index (χ2n) is 3.72. The van der Waals surface area contributed by atoms with Gasteiger partial charge in [-0.05, 0) is 35.2 Å². The first-order chi connectivity index (χ1) is 8.39. The second kappa shape index (κ2) is 5.90. The fourth-order valence-corrected chi connectivity index (χ4v) is 2.42. The Morgan fingerprint density at radius 3 is 2.37 bits per heavy atom. The van der Waals surface area contributed by atoms with Crippen LogP contribution in [0.2, 0.25) is 0 Å². The van der Waals surface area contributed by atoms with Crippen LogP contribution in [-0.2, 0) is 6.18 Å². The van der Waals surface area contributed by atoms with E-state index in [1.54, 1.807) is 17.5 Å². The lowest BCUT2D eigenvalue weighted by Gasteiger charge is -2.17. The highest BCUT2D eigenvalue weighted by Crippen LogP contribution is 2.36. The molecule has 0 fully saturated rings. The number of hydrogen-bond donors (Lipinski definition) is 1. The lowest BCUT2D eigenvalue weighted by atomic mass is 9.99. The molecule has 2 N–H and O–H groups in total. The van der Waals surface area contributed by atoms with E-state index in [0.717, 1.165) is 18.2 Å². The summed E-state index contributed by atoms with van der Waals surface area (Å²) in [5.41, 5.74) is 4.63. The Kier molecular flexibility index (Phi) is 4.95. The van der Waals surface area contributed by atoms with Crippen LogP contribution in [0.3, 0.4) is 0 Å².